The average Bonchev–Trinajstić information content (AvgIpc) is 1.86. The van der Waals surface area contributed by atoms with Crippen LogP contribution in [0.3, 0.4) is 0 Å². The second kappa shape index (κ2) is 4.37. The van der Waals surface area contributed by atoms with E-state index < -0.39 is 17.4 Å². The van der Waals surface area contributed by atoms with Crippen molar-refractivity contribution >= 4 is 29.3 Å². The van der Waals surface area contributed by atoms with Crippen LogP contribution in [-0.2, 0) is 14.3 Å². The van der Waals surface area contributed by atoms with Crippen molar-refractivity contribution in [1.29, 1.82) is 0 Å². The molecule has 64 valence electrons. The first-order valence-corrected chi connectivity index (χ1v) is 2.74. The number of aliphatic carboxylic acids is 1. The van der Waals surface area contributed by atoms with Gasteiger partial charge in [-0.25, -0.2) is 0 Å². The number of hydrogen-bond acceptors (Lipinski definition) is 3. The molecule has 0 saturated carbocycles. The lowest BCUT2D eigenvalue weighted by atomic mass is 9.94. The lowest BCUT2D eigenvalue weighted by molar-refractivity contribution is -0.164. The Hall–Kier alpha value is -0.528. The second-order valence-corrected chi connectivity index (χ2v) is 2.42. The van der Waals surface area contributed by atoms with E-state index in [4.69, 9.17) is 5.11 Å². The normalized spacial score (nSPS) is 9.73. The van der Waals surface area contributed by atoms with Gasteiger partial charge in [-0.15, -0.1) is 0 Å². The first-order valence-electron chi connectivity index (χ1n) is 2.74. The summed E-state index contributed by atoms with van der Waals surface area (Å²) < 4.78 is 4.26. The van der Waals surface area contributed by atoms with Gasteiger partial charge in [-0.3, -0.25) is 9.59 Å². The molecule has 5 heteroatoms. The van der Waals surface area contributed by atoms with Gasteiger partial charge in [-0.2, -0.15) is 0 Å². The SMILES string of the molecule is COC(=O)C(C)(C)C(=O)O.[AlH3]. The van der Waals surface area contributed by atoms with Crippen LogP contribution in [0.4, 0.5) is 0 Å². The van der Waals surface area contributed by atoms with Crippen LogP contribution in [0.2, 0.25) is 0 Å². The van der Waals surface area contributed by atoms with Gasteiger partial charge in [0.2, 0.25) is 0 Å². The van der Waals surface area contributed by atoms with Gasteiger partial charge in [0.1, 0.15) is 0 Å². The molecule has 4 nitrogen and oxygen atoms in total. The van der Waals surface area contributed by atoms with Gasteiger partial charge >= 0.3 is 11.9 Å². The molecule has 0 aliphatic carbocycles. The molecule has 0 aliphatic heterocycles. The maximum Gasteiger partial charge on any atom is 0.322 e. The fraction of sp³-hybridized carbons (Fsp3) is 0.667. The number of carboxylic acid groups (broad SMARTS) is 1. The van der Waals surface area contributed by atoms with Crippen LogP contribution in [0, 0.1) is 5.41 Å². The smallest absolute Gasteiger partial charge is 0.322 e. The molecule has 0 aromatic rings. The van der Waals surface area contributed by atoms with Crippen molar-refractivity contribution in [3.63, 3.8) is 0 Å². The van der Waals surface area contributed by atoms with E-state index in [0.717, 1.165) is 7.11 Å². The number of carbonyl (C=O) groups excluding carboxylic acids is 1. The minimum absolute atomic E-state index is 0. The largest absolute Gasteiger partial charge is 0.480 e. The topological polar surface area (TPSA) is 63.6 Å². The van der Waals surface area contributed by atoms with Crippen LogP contribution in [0.15, 0.2) is 0 Å². The van der Waals surface area contributed by atoms with Gasteiger partial charge < -0.3 is 9.84 Å². The van der Waals surface area contributed by atoms with Crippen molar-refractivity contribution in [3.8, 4) is 0 Å². The Morgan fingerprint density at radius 1 is 1.36 bits per heavy atom. The zero-order valence-electron chi connectivity index (χ0n) is 6.17. The molecule has 0 saturated heterocycles. The zero-order chi connectivity index (χ0) is 8.36. The number of carboxylic acids is 1. The third-order valence-electron chi connectivity index (χ3n) is 1.23. The summed E-state index contributed by atoms with van der Waals surface area (Å²) in [5.41, 5.74) is -1.44. The molecule has 0 radical (unpaired) electrons. The summed E-state index contributed by atoms with van der Waals surface area (Å²) >= 11 is 0. The summed E-state index contributed by atoms with van der Waals surface area (Å²) in [5, 5.41) is 8.44. The number of carbonyl (C=O) groups is 2. The van der Waals surface area contributed by atoms with Gasteiger partial charge in [0.05, 0.1) is 7.11 Å². The summed E-state index contributed by atoms with van der Waals surface area (Å²) in [4.78, 5) is 21.0. The van der Waals surface area contributed by atoms with E-state index >= 15 is 0 Å². The Labute approximate surface area is 75.7 Å². The molecule has 0 amide bonds. The highest BCUT2D eigenvalue weighted by atomic mass is 27.0. The van der Waals surface area contributed by atoms with E-state index in [2.05, 4.69) is 4.74 Å². The van der Waals surface area contributed by atoms with E-state index in [1.165, 1.54) is 13.8 Å². The highest BCUT2D eigenvalue weighted by Gasteiger charge is 2.36. The van der Waals surface area contributed by atoms with E-state index in [1.807, 2.05) is 0 Å². The maximum absolute atomic E-state index is 10.7. The number of rotatable bonds is 2. The standard InChI is InChI=1S/C6H10O4.Al.3H/c1-6(2,4(7)8)5(9)10-3;;;;/h1-3H3,(H,7,8);;;;. The third kappa shape index (κ3) is 2.91. The molecule has 0 heterocycles. The second-order valence-electron chi connectivity index (χ2n) is 2.42. The minimum atomic E-state index is -1.44. The van der Waals surface area contributed by atoms with Crippen LogP contribution in [-0.4, -0.2) is 41.5 Å². The van der Waals surface area contributed by atoms with Gasteiger partial charge in [0, 0.05) is 0 Å². The highest BCUT2D eigenvalue weighted by Crippen LogP contribution is 2.16. The Bertz CT molecular complexity index is 164. The molecule has 0 aliphatic rings. The van der Waals surface area contributed by atoms with E-state index in [0.29, 0.717) is 0 Å². The number of hydrogen-bond donors (Lipinski definition) is 1. The molecular formula is C6H13AlO4. The van der Waals surface area contributed by atoms with Crippen LogP contribution in [0.5, 0.6) is 0 Å². The average molecular weight is 176 g/mol. The maximum atomic E-state index is 10.7. The third-order valence-corrected chi connectivity index (χ3v) is 1.23. The predicted molar refractivity (Wildman–Crippen MR) is 43.4 cm³/mol. The quantitative estimate of drug-likeness (QED) is 0.336. The molecule has 0 aromatic heterocycles. The first kappa shape index (κ1) is 13.1. The van der Waals surface area contributed by atoms with Crippen molar-refractivity contribution < 1.29 is 19.4 Å². The monoisotopic (exact) mass is 176 g/mol. The number of ether oxygens (including phenoxy) is 1. The van der Waals surface area contributed by atoms with Crippen molar-refractivity contribution in [3.05, 3.63) is 0 Å². The molecule has 0 fully saturated rings. The van der Waals surface area contributed by atoms with E-state index in [1.54, 1.807) is 0 Å². The van der Waals surface area contributed by atoms with Crippen molar-refractivity contribution in [2.24, 2.45) is 5.41 Å². The molecule has 0 atom stereocenters. The minimum Gasteiger partial charge on any atom is -0.480 e. The molecule has 0 rings (SSSR count). The molecule has 0 aromatic carbocycles. The number of methoxy groups -OCH3 is 1. The molecule has 11 heavy (non-hydrogen) atoms. The van der Waals surface area contributed by atoms with Crippen molar-refractivity contribution in [2.75, 3.05) is 7.11 Å². The summed E-state index contributed by atoms with van der Waals surface area (Å²) in [6.45, 7) is 2.59. The van der Waals surface area contributed by atoms with E-state index in [9.17, 15) is 9.59 Å². The fourth-order valence-electron chi connectivity index (χ4n) is 0.342. The summed E-state index contributed by atoms with van der Waals surface area (Å²) in [6, 6.07) is 0. The Kier molecular flexibility index (Phi) is 5.20. The fourth-order valence-corrected chi connectivity index (χ4v) is 0.342. The highest BCUT2D eigenvalue weighted by molar-refractivity contribution is 5.98. The Balaban J connectivity index is 0. The van der Waals surface area contributed by atoms with Gasteiger partial charge in [0.15, 0.2) is 22.8 Å². The van der Waals surface area contributed by atoms with Crippen molar-refractivity contribution in [2.45, 2.75) is 13.8 Å². The number of esters is 1. The van der Waals surface area contributed by atoms with Crippen LogP contribution in [0.25, 0.3) is 0 Å². The Morgan fingerprint density at radius 3 is 1.82 bits per heavy atom. The summed E-state index contributed by atoms with van der Waals surface area (Å²) in [6.07, 6.45) is 0. The van der Waals surface area contributed by atoms with Gasteiger partial charge in [-0.1, -0.05) is 0 Å². The van der Waals surface area contributed by atoms with Crippen LogP contribution < -0.4 is 0 Å². The zero-order valence-corrected chi connectivity index (χ0v) is 6.17. The van der Waals surface area contributed by atoms with Crippen LogP contribution >= 0.6 is 0 Å². The Morgan fingerprint density at radius 2 is 1.73 bits per heavy atom. The molecule has 0 bridgehead atoms. The molecule has 1 N–H and O–H groups in total. The molecule has 0 spiro atoms. The lowest BCUT2D eigenvalue weighted by Crippen LogP contribution is -2.34. The summed E-state index contributed by atoms with van der Waals surface area (Å²) in [5.74, 6) is -1.92. The predicted octanol–water partition coefficient (Wildman–Crippen LogP) is -0.914. The summed E-state index contributed by atoms with van der Waals surface area (Å²) in [7, 11) is 1.16. The molecule has 0 unspecified atom stereocenters. The lowest BCUT2D eigenvalue weighted by Gasteiger charge is -2.14. The van der Waals surface area contributed by atoms with Crippen LogP contribution in [0.1, 0.15) is 13.8 Å². The molecular weight excluding hydrogens is 163 g/mol. The van der Waals surface area contributed by atoms with Gasteiger partial charge in [-0.05, 0) is 13.8 Å². The van der Waals surface area contributed by atoms with E-state index in [-0.39, 0.29) is 17.4 Å². The van der Waals surface area contributed by atoms with Gasteiger partial charge in [0.25, 0.3) is 0 Å². The van der Waals surface area contributed by atoms with Crippen molar-refractivity contribution in [1.82, 2.24) is 0 Å². The first-order chi connectivity index (χ1) is 4.42.